The first kappa shape index (κ1) is 12.1. The first-order chi connectivity index (χ1) is 4.27. The minimum absolute atomic E-state index is 0.245. The molecule has 3 nitrogen and oxygen atoms in total. The van der Waals surface area contributed by atoms with Gasteiger partial charge in [-0.15, -0.1) is 0 Å². The third-order valence-electron chi connectivity index (χ3n) is 0.287. The van der Waals surface area contributed by atoms with Crippen LogP contribution in [0.1, 0.15) is 27.7 Å². The van der Waals surface area contributed by atoms with Crippen LogP contribution in [0.2, 0.25) is 0 Å². The van der Waals surface area contributed by atoms with Crippen molar-refractivity contribution in [1.29, 1.82) is 0 Å². The second-order valence-corrected chi connectivity index (χ2v) is 2.87. The molecule has 0 aromatic rings. The molecule has 0 heterocycles. The van der Waals surface area contributed by atoms with Crippen molar-refractivity contribution >= 4 is 5.97 Å². The van der Waals surface area contributed by atoms with E-state index in [-0.39, 0.29) is 5.97 Å². The third kappa shape index (κ3) is 150. The Morgan fingerprint density at radius 2 is 1.50 bits per heavy atom. The zero-order valence-electron chi connectivity index (χ0n) is 7.26. The Balaban J connectivity index is 0. The quantitative estimate of drug-likeness (QED) is 0.520. The van der Waals surface area contributed by atoms with Gasteiger partial charge in [0.2, 0.25) is 0 Å². The highest BCUT2D eigenvalue weighted by Crippen LogP contribution is 1.93. The molecule has 0 saturated carbocycles. The van der Waals surface area contributed by atoms with Gasteiger partial charge in [-0.05, 0) is 20.8 Å². The van der Waals surface area contributed by atoms with Crippen molar-refractivity contribution in [2.45, 2.75) is 33.3 Å². The van der Waals surface area contributed by atoms with E-state index in [4.69, 9.17) is 5.11 Å². The lowest BCUT2D eigenvalue weighted by Crippen LogP contribution is -2.10. The molecule has 0 rings (SSSR count). The molecule has 0 unspecified atom stereocenters. The number of carbonyl (C=O) groups excluding carboxylic acids is 1. The molecule has 3 heteroatoms. The summed E-state index contributed by atoms with van der Waals surface area (Å²) < 4.78 is 4.11. The SMILES string of the molecule is CC(C)(C)O.COC(C)=O. The summed E-state index contributed by atoms with van der Waals surface area (Å²) >= 11 is 0. The van der Waals surface area contributed by atoms with Gasteiger partial charge in [0.15, 0.2) is 0 Å². The van der Waals surface area contributed by atoms with Gasteiger partial charge in [-0.1, -0.05) is 0 Å². The van der Waals surface area contributed by atoms with Crippen molar-refractivity contribution in [2.75, 3.05) is 7.11 Å². The lowest BCUT2D eigenvalue weighted by atomic mass is 10.2. The van der Waals surface area contributed by atoms with Crippen molar-refractivity contribution < 1.29 is 14.6 Å². The van der Waals surface area contributed by atoms with Crippen molar-refractivity contribution in [3.63, 3.8) is 0 Å². The minimum atomic E-state index is -0.500. The second-order valence-electron chi connectivity index (χ2n) is 2.87. The van der Waals surface area contributed by atoms with Gasteiger partial charge < -0.3 is 9.84 Å². The largest absolute Gasteiger partial charge is 0.469 e. The number of methoxy groups -OCH3 is 1. The first-order valence-electron chi connectivity index (χ1n) is 3.04. The van der Waals surface area contributed by atoms with E-state index in [0.717, 1.165) is 0 Å². The zero-order valence-corrected chi connectivity index (χ0v) is 7.26. The van der Waals surface area contributed by atoms with E-state index in [1.54, 1.807) is 20.8 Å². The molecule has 0 aliphatic carbocycles. The summed E-state index contributed by atoms with van der Waals surface area (Å²) in [6, 6.07) is 0. The predicted octanol–water partition coefficient (Wildman–Crippen LogP) is 0.956. The Hall–Kier alpha value is -0.570. The lowest BCUT2D eigenvalue weighted by molar-refractivity contribution is -0.137. The van der Waals surface area contributed by atoms with Crippen LogP contribution in [0, 0.1) is 0 Å². The van der Waals surface area contributed by atoms with Crippen LogP contribution in [-0.4, -0.2) is 23.8 Å². The number of rotatable bonds is 0. The summed E-state index contributed by atoms with van der Waals surface area (Å²) in [5, 5.41) is 8.52. The van der Waals surface area contributed by atoms with E-state index in [1.165, 1.54) is 14.0 Å². The van der Waals surface area contributed by atoms with Crippen molar-refractivity contribution in [1.82, 2.24) is 0 Å². The Morgan fingerprint density at radius 1 is 1.40 bits per heavy atom. The molecule has 0 aliphatic rings. The van der Waals surface area contributed by atoms with Crippen LogP contribution in [0.15, 0.2) is 0 Å². The minimum Gasteiger partial charge on any atom is -0.469 e. The van der Waals surface area contributed by atoms with Crippen LogP contribution in [0.5, 0.6) is 0 Å². The maximum atomic E-state index is 9.59. The van der Waals surface area contributed by atoms with Gasteiger partial charge in [-0.25, -0.2) is 0 Å². The average Bonchev–Trinajstić information content (AvgIpc) is 1.61. The highest BCUT2D eigenvalue weighted by atomic mass is 16.5. The van der Waals surface area contributed by atoms with Crippen LogP contribution in [0.4, 0.5) is 0 Å². The molecule has 0 bridgehead atoms. The fourth-order valence-electron chi connectivity index (χ4n) is 0. The molecule has 0 aromatic carbocycles. The highest BCUT2D eigenvalue weighted by Gasteiger charge is 1.97. The molecule has 0 amide bonds. The molecule has 0 saturated heterocycles. The fraction of sp³-hybridized carbons (Fsp3) is 0.857. The summed E-state index contributed by atoms with van der Waals surface area (Å²) in [4.78, 5) is 9.59. The van der Waals surface area contributed by atoms with E-state index in [2.05, 4.69) is 4.74 Å². The molecule has 1 N–H and O–H groups in total. The Kier molecular flexibility index (Phi) is 6.35. The summed E-state index contributed by atoms with van der Waals surface area (Å²) in [5.41, 5.74) is -0.500. The average molecular weight is 148 g/mol. The van der Waals surface area contributed by atoms with Crippen molar-refractivity contribution in [3.05, 3.63) is 0 Å². The summed E-state index contributed by atoms with van der Waals surface area (Å²) in [5.74, 6) is -0.245. The van der Waals surface area contributed by atoms with Gasteiger partial charge in [0.1, 0.15) is 0 Å². The Morgan fingerprint density at radius 3 is 1.50 bits per heavy atom. The number of esters is 1. The topological polar surface area (TPSA) is 46.5 Å². The van der Waals surface area contributed by atoms with Gasteiger partial charge in [0.05, 0.1) is 12.7 Å². The molecule has 0 aromatic heterocycles. The smallest absolute Gasteiger partial charge is 0.302 e. The van der Waals surface area contributed by atoms with Crippen LogP contribution >= 0.6 is 0 Å². The number of ether oxygens (including phenoxy) is 1. The van der Waals surface area contributed by atoms with E-state index in [1.807, 2.05) is 0 Å². The van der Waals surface area contributed by atoms with E-state index >= 15 is 0 Å². The second kappa shape index (κ2) is 5.23. The number of carbonyl (C=O) groups is 1. The molecule has 62 valence electrons. The molecule has 0 atom stereocenters. The van der Waals surface area contributed by atoms with Gasteiger partial charge in [0, 0.05) is 6.92 Å². The number of hydrogen-bond donors (Lipinski definition) is 1. The van der Waals surface area contributed by atoms with E-state index in [0.29, 0.717) is 0 Å². The molecule has 10 heavy (non-hydrogen) atoms. The molecule has 0 fully saturated rings. The monoisotopic (exact) mass is 148 g/mol. The van der Waals surface area contributed by atoms with E-state index in [9.17, 15) is 4.79 Å². The number of aliphatic hydroxyl groups is 1. The summed E-state index contributed by atoms with van der Waals surface area (Å²) in [7, 11) is 1.35. The van der Waals surface area contributed by atoms with Gasteiger partial charge in [-0.2, -0.15) is 0 Å². The van der Waals surface area contributed by atoms with Gasteiger partial charge in [-0.3, -0.25) is 4.79 Å². The molecule has 0 aliphatic heterocycles. The van der Waals surface area contributed by atoms with Crippen LogP contribution in [-0.2, 0) is 9.53 Å². The van der Waals surface area contributed by atoms with Crippen LogP contribution < -0.4 is 0 Å². The summed E-state index contributed by atoms with van der Waals surface area (Å²) in [6.45, 7) is 6.59. The first-order valence-corrected chi connectivity index (χ1v) is 3.04. The van der Waals surface area contributed by atoms with Crippen LogP contribution in [0.25, 0.3) is 0 Å². The molecule has 0 spiro atoms. The lowest BCUT2D eigenvalue weighted by Gasteiger charge is -2.04. The maximum Gasteiger partial charge on any atom is 0.302 e. The summed E-state index contributed by atoms with van der Waals surface area (Å²) in [6.07, 6.45) is 0. The Labute approximate surface area is 62.0 Å². The Bertz CT molecular complexity index is 85.5. The fourth-order valence-corrected chi connectivity index (χ4v) is 0. The zero-order chi connectivity index (χ0) is 8.78. The maximum absolute atomic E-state index is 9.59. The normalized spacial score (nSPS) is 9.40. The molecular formula is C7H16O3. The third-order valence-corrected chi connectivity index (χ3v) is 0.287. The van der Waals surface area contributed by atoms with Gasteiger partial charge >= 0.3 is 5.97 Å². The number of hydrogen-bond acceptors (Lipinski definition) is 3. The van der Waals surface area contributed by atoms with E-state index < -0.39 is 5.60 Å². The van der Waals surface area contributed by atoms with Gasteiger partial charge in [0.25, 0.3) is 0 Å². The predicted molar refractivity (Wildman–Crippen MR) is 39.7 cm³/mol. The standard InChI is InChI=1S/C4H10O.C3H6O2/c1-4(2,3)5;1-3(4)5-2/h5H,1-3H3;1-2H3. The van der Waals surface area contributed by atoms with Crippen molar-refractivity contribution in [3.8, 4) is 0 Å². The van der Waals surface area contributed by atoms with Crippen molar-refractivity contribution in [2.24, 2.45) is 0 Å². The molecular weight excluding hydrogens is 132 g/mol. The highest BCUT2D eigenvalue weighted by molar-refractivity contribution is 5.65. The molecule has 0 radical (unpaired) electrons. The van der Waals surface area contributed by atoms with Crippen LogP contribution in [0.3, 0.4) is 0 Å².